The molecular weight excluding hydrogens is 142 g/mol. The molecule has 3 heteroatoms. The van der Waals surface area contributed by atoms with Crippen molar-refractivity contribution >= 4 is 5.97 Å². The lowest BCUT2D eigenvalue weighted by Gasteiger charge is -2.24. The van der Waals surface area contributed by atoms with E-state index in [1.54, 1.807) is 0 Å². The third-order valence-corrected chi connectivity index (χ3v) is 1.50. The summed E-state index contributed by atoms with van der Waals surface area (Å²) in [5.74, 6) is -0.754. The maximum Gasteiger partial charge on any atom is 0.303 e. The molecule has 0 fully saturated rings. The molecule has 3 N–H and O–H groups in total. The van der Waals surface area contributed by atoms with Gasteiger partial charge in [-0.15, -0.1) is 0 Å². The molecule has 0 saturated heterocycles. The van der Waals surface area contributed by atoms with Crippen LogP contribution < -0.4 is 5.73 Å². The number of carboxylic acid groups (broad SMARTS) is 1. The first-order valence-electron chi connectivity index (χ1n) is 3.81. The molecule has 0 heterocycles. The van der Waals surface area contributed by atoms with E-state index in [0.717, 1.165) is 6.42 Å². The van der Waals surface area contributed by atoms with E-state index < -0.39 is 5.97 Å². The SMILES string of the molecule is CC(N)CC(C)(C)CC(=O)O. The van der Waals surface area contributed by atoms with Crippen LogP contribution in [0, 0.1) is 5.41 Å². The normalized spacial score (nSPS) is 14.5. The van der Waals surface area contributed by atoms with Crippen LogP contribution in [0.4, 0.5) is 0 Å². The second-order valence-electron chi connectivity index (χ2n) is 3.92. The summed E-state index contributed by atoms with van der Waals surface area (Å²) in [6.45, 7) is 5.73. The molecular formula is C8H17NO2. The first-order chi connectivity index (χ1) is 4.83. The van der Waals surface area contributed by atoms with Gasteiger partial charge in [0.05, 0.1) is 6.42 Å². The van der Waals surface area contributed by atoms with Crippen LogP contribution in [-0.2, 0) is 4.79 Å². The topological polar surface area (TPSA) is 63.3 Å². The Morgan fingerprint density at radius 2 is 2.09 bits per heavy atom. The number of hydrogen-bond acceptors (Lipinski definition) is 2. The summed E-state index contributed by atoms with van der Waals surface area (Å²) in [7, 11) is 0. The molecule has 0 aliphatic rings. The predicted molar refractivity (Wildman–Crippen MR) is 44.3 cm³/mol. The molecule has 0 rings (SSSR count). The minimum Gasteiger partial charge on any atom is -0.481 e. The fraction of sp³-hybridized carbons (Fsp3) is 0.875. The molecule has 1 unspecified atom stereocenters. The zero-order valence-corrected chi connectivity index (χ0v) is 7.42. The van der Waals surface area contributed by atoms with Gasteiger partial charge in [0.15, 0.2) is 0 Å². The Balaban J connectivity index is 3.89. The van der Waals surface area contributed by atoms with Crippen molar-refractivity contribution in [3.8, 4) is 0 Å². The van der Waals surface area contributed by atoms with Crippen LogP contribution in [0.5, 0.6) is 0 Å². The summed E-state index contributed by atoms with van der Waals surface area (Å²) in [6.07, 6.45) is 0.938. The average Bonchev–Trinajstić information content (AvgIpc) is 1.53. The van der Waals surface area contributed by atoms with Crippen molar-refractivity contribution < 1.29 is 9.90 Å². The predicted octanol–water partition coefficient (Wildman–Crippen LogP) is 1.22. The highest BCUT2D eigenvalue weighted by Crippen LogP contribution is 2.25. The van der Waals surface area contributed by atoms with Crippen molar-refractivity contribution in [2.75, 3.05) is 0 Å². The second-order valence-corrected chi connectivity index (χ2v) is 3.92. The molecule has 0 aromatic heterocycles. The summed E-state index contributed by atoms with van der Waals surface area (Å²) >= 11 is 0. The van der Waals surface area contributed by atoms with E-state index >= 15 is 0 Å². The fourth-order valence-electron chi connectivity index (χ4n) is 1.35. The molecule has 1 atom stereocenters. The monoisotopic (exact) mass is 159 g/mol. The molecule has 0 amide bonds. The second kappa shape index (κ2) is 3.72. The number of hydrogen-bond donors (Lipinski definition) is 2. The van der Waals surface area contributed by atoms with Gasteiger partial charge in [-0.1, -0.05) is 13.8 Å². The van der Waals surface area contributed by atoms with Crippen LogP contribution in [0.15, 0.2) is 0 Å². The van der Waals surface area contributed by atoms with Crippen LogP contribution in [-0.4, -0.2) is 17.1 Å². The number of carbonyl (C=O) groups is 1. The largest absolute Gasteiger partial charge is 0.481 e. The van der Waals surface area contributed by atoms with Crippen molar-refractivity contribution in [2.24, 2.45) is 11.1 Å². The number of rotatable bonds is 4. The molecule has 11 heavy (non-hydrogen) atoms. The maximum absolute atomic E-state index is 10.4. The van der Waals surface area contributed by atoms with E-state index in [-0.39, 0.29) is 17.9 Å². The lowest BCUT2D eigenvalue weighted by atomic mass is 9.83. The molecule has 0 bridgehead atoms. The zero-order chi connectivity index (χ0) is 9.07. The lowest BCUT2D eigenvalue weighted by molar-refractivity contribution is -0.139. The molecule has 0 spiro atoms. The van der Waals surface area contributed by atoms with Gasteiger partial charge in [-0.3, -0.25) is 4.79 Å². The number of nitrogens with two attached hydrogens (primary N) is 1. The summed E-state index contributed by atoms with van der Waals surface area (Å²) in [5, 5.41) is 8.52. The Hall–Kier alpha value is -0.570. The summed E-state index contributed by atoms with van der Waals surface area (Å²) in [5.41, 5.74) is 5.38. The Kier molecular flexibility index (Phi) is 3.52. The van der Waals surface area contributed by atoms with Crippen molar-refractivity contribution in [2.45, 2.75) is 39.7 Å². The van der Waals surface area contributed by atoms with E-state index in [9.17, 15) is 4.79 Å². The summed E-state index contributed by atoms with van der Waals surface area (Å²) in [6, 6.07) is 0.0735. The number of aliphatic carboxylic acids is 1. The minimum atomic E-state index is -0.754. The Bertz CT molecular complexity index is 141. The Morgan fingerprint density at radius 1 is 1.64 bits per heavy atom. The smallest absolute Gasteiger partial charge is 0.303 e. The van der Waals surface area contributed by atoms with E-state index in [0.29, 0.717) is 0 Å². The lowest BCUT2D eigenvalue weighted by Crippen LogP contribution is -2.26. The van der Waals surface area contributed by atoms with Crippen LogP contribution in [0.25, 0.3) is 0 Å². The van der Waals surface area contributed by atoms with Crippen molar-refractivity contribution in [1.29, 1.82) is 0 Å². The van der Waals surface area contributed by atoms with E-state index in [4.69, 9.17) is 10.8 Å². The van der Waals surface area contributed by atoms with Crippen LogP contribution >= 0.6 is 0 Å². The molecule has 66 valence electrons. The third-order valence-electron chi connectivity index (χ3n) is 1.50. The standard InChI is InChI=1S/C8H17NO2/c1-6(9)4-8(2,3)5-7(10)11/h6H,4-5,9H2,1-3H3,(H,10,11). The van der Waals surface area contributed by atoms with Gasteiger partial charge in [-0.05, 0) is 18.8 Å². The molecule has 0 saturated carbocycles. The molecule has 0 aliphatic carbocycles. The molecule has 0 aromatic carbocycles. The Morgan fingerprint density at radius 3 is 2.36 bits per heavy atom. The highest BCUT2D eigenvalue weighted by molar-refractivity contribution is 5.67. The molecule has 3 nitrogen and oxygen atoms in total. The summed E-state index contributed by atoms with van der Waals surface area (Å²) in [4.78, 5) is 10.4. The zero-order valence-electron chi connectivity index (χ0n) is 7.42. The van der Waals surface area contributed by atoms with E-state index in [2.05, 4.69) is 0 Å². The third kappa shape index (κ3) is 5.85. The van der Waals surface area contributed by atoms with Gasteiger partial charge in [-0.2, -0.15) is 0 Å². The quantitative estimate of drug-likeness (QED) is 0.648. The average molecular weight is 159 g/mol. The van der Waals surface area contributed by atoms with Crippen LogP contribution in [0.2, 0.25) is 0 Å². The van der Waals surface area contributed by atoms with Crippen LogP contribution in [0.3, 0.4) is 0 Å². The van der Waals surface area contributed by atoms with Gasteiger partial charge >= 0.3 is 5.97 Å². The molecule has 0 radical (unpaired) electrons. The van der Waals surface area contributed by atoms with Crippen molar-refractivity contribution in [3.63, 3.8) is 0 Å². The van der Waals surface area contributed by atoms with Gasteiger partial charge in [0.1, 0.15) is 0 Å². The van der Waals surface area contributed by atoms with Crippen molar-refractivity contribution in [1.82, 2.24) is 0 Å². The van der Waals surface area contributed by atoms with Gasteiger partial charge in [0, 0.05) is 6.04 Å². The highest BCUT2D eigenvalue weighted by atomic mass is 16.4. The van der Waals surface area contributed by atoms with Gasteiger partial charge in [0.2, 0.25) is 0 Å². The van der Waals surface area contributed by atoms with Crippen molar-refractivity contribution in [3.05, 3.63) is 0 Å². The van der Waals surface area contributed by atoms with Gasteiger partial charge in [0.25, 0.3) is 0 Å². The van der Waals surface area contributed by atoms with Crippen LogP contribution in [0.1, 0.15) is 33.6 Å². The summed E-state index contributed by atoms with van der Waals surface area (Å²) < 4.78 is 0. The fourth-order valence-corrected chi connectivity index (χ4v) is 1.35. The van der Waals surface area contributed by atoms with Gasteiger partial charge < -0.3 is 10.8 Å². The first-order valence-corrected chi connectivity index (χ1v) is 3.81. The minimum absolute atomic E-state index is 0.0735. The van der Waals surface area contributed by atoms with E-state index in [1.807, 2.05) is 20.8 Å². The maximum atomic E-state index is 10.4. The number of carboxylic acids is 1. The Labute approximate surface area is 67.6 Å². The van der Waals surface area contributed by atoms with E-state index in [1.165, 1.54) is 0 Å². The first kappa shape index (κ1) is 10.4. The highest BCUT2D eigenvalue weighted by Gasteiger charge is 2.22. The molecule has 0 aromatic rings. The van der Waals surface area contributed by atoms with Gasteiger partial charge in [-0.25, -0.2) is 0 Å². The molecule has 0 aliphatic heterocycles.